The fourth-order valence-electron chi connectivity index (χ4n) is 3.73. The lowest BCUT2D eigenvalue weighted by Crippen LogP contribution is -2.49. The predicted molar refractivity (Wildman–Crippen MR) is 96.2 cm³/mol. The van der Waals surface area contributed by atoms with E-state index >= 15 is 0 Å². The molecule has 0 spiro atoms. The maximum atomic E-state index is 3.54. The van der Waals surface area contributed by atoms with Gasteiger partial charge in [0.1, 0.15) is 0 Å². The van der Waals surface area contributed by atoms with Gasteiger partial charge in [-0.3, -0.25) is 4.90 Å². The molecule has 3 rings (SSSR count). The Morgan fingerprint density at radius 3 is 2.55 bits per heavy atom. The van der Waals surface area contributed by atoms with E-state index in [1.807, 2.05) is 0 Å². The standard InChI is InChI=1S/C18H28BrN3/c1-15(17-4-6-18(19)7-5-17)22-11-9-21(10-12-22)14-16-3-2-8-20-13-16/h4-7,15-16,20H,2-3,8-14H2,1H3. The van der Waals surface area contributed by atoms with Crippen molar-refractivity contribution < 1.29 is 0 Å². The molecule has 0 saturated carbocycles. The molecule has 3 nitrogen and oxygen atoms in total. The molecule has 2 atom stereocenters. The summed E-state index contributed by atoms with van der Waals surface area (Å²) >= 11 is 3.52. The molecule has 122 valence electrons. The first kappa shape index (κ1) is 16.4. The SMILES string of the molecule is CC(c1ccc(Br)cc1)N1CCN(CC2CCCNC2)CC1. The minimum Gasteiger partial charge on any atom is -0.316 e. The van der Waals surface area contributed by atoms with Crippen LogP contribution in [0, 0.1) is 5.92 Å². The minimum absolute atomic E-state index is 0.520. The van der Waals surface area contributed by atoms with Crippen molar-refractivity contribution in [2.45, 2.75) is 25.8 Å². The summed E-state index contributed by atoms with van der Waals surface area (Å²) in [6.07, 6.45) is 2.76. The average Bonchev–Trinajstić information content (AvgIpc) is 2.57. The van der Waals surface area contributed by atoms with E-state index in [9.17, 15) is 0 Å². The lowest BCUT2D eigenvalue weighted by molar-refractivity contribution is 0.0876. The number of nitrogens with one attached hydrogen (secondary N) is 1. The molecular formula is C18H28BrN3. The van der Waals surface area contributed by atoms with Gasteiger partial charge < -0.3 is 10.2 Å². The Morgan fingerprint density at radius 1 is 1.18 bits per heavy atom. The van der Waals surface area contributed by atoms with Gasteiger partial charge in [-0.2, -0.15) is 0 Å². The second kappa shape index (κ2) is 7.91. The second-order valence-corrected chi connectivity index (χ2v) is 7.69. The normalized spacial score (nSPS) is 26.0. The number of piperazine rings is 1. The van der Waals surface area contributed by atoms with Crippen molar-refractivity contribution in [1.82, 2.24) is 15.1 Å². The Bertz CT molecular complexity index is 448. The van der Waals surface area contributed by atoms with Crippen LogP contribution in [-0.4, -0.2) is 55.6 Å². The first-order chi connectivity index (χ1) is 10.7. The fraction of sp³-hybridized carbons (Fsp3) is 0.667. The van der Waals surface area contributed by atoms with Gasteiger partial charge >= 0.3 is 0 Å². The summed E-state index contributed by atoms with van der Waals surface area (Å²) in [5.41, 5.74) is 1.42. The summed E-state index contributed by atoms with van der Waals surface area (Å²) in [6, 6.07) is 9.31. The van der Waals surface area contributed by atoms with Gasteiger partial charge in [0, 0.05) is 43.2 Å². The highest BCUT2D eigenvalue weighted by Gasteiger charge is 2.24. The van der Waals surface area contributed by atoms with Crippen molar-refractivity contribution in [3.8, 4) is 0 Å². The van der Waals surface area contributed by atoms with E-state index < -0.39 is 0 Å². The zero-order valence-corrected chi connectivity index (χ0v) is 15.2. The van der Waals surface area contributed by atoms with E-state index in [4.69, 9.17) is 0 Å². The Hall–Kier alpha value is -0.420. The highest BCUT2D eigenvalue weighted by Crippen LogP contribution is 2.23. The molecule has 4 heteroatoms. The largest absolute Gasteiger partial charge is 0.316 e. The van der Waals surface area contributed by atoms with Crippen molar-refractivity contribution >= 4 is 15.9 Å². The summed E-state index contributed by atoms with van der Waals surface area (Å²) in [5.74, 6) is 0.865. The average molecular weight is 366 g/mol. The van der Waals surface area contributed by atoms with Gasteiger partial charge in [0.2, 0.25) is 0 Å². The number of piperidine rings is 1. The Labute approximate surface area is 143 Å². The van der Waals surface area contributed by atoms with E-state index in [-0.39, 0.29) is 0 Å². The van der Waals surface area contributed by atoms with Crippen LogP contribution in [0.5, 0.6) is 0 Å². The summed E-state index contributed by atoms with van der Waals surface area (Å²) in [7, 11) is 0. The maximum Gasteiger partial charge on any atom is 0.0320 e. The summed E-state index contributed by atoms with van der Waals surface area (Å²) in [5, 5.41) is 3.54. The Balaban J connectivity index is 1.47. The van der Waals surface area contributed by atoms with Crippen LogP contribution < -0.4 is 5.32 Å². The molecule has 2 heterocycles. The maximum absolute atomic E-state index is 3.54. The molecular weight excluding hydrogens is 338 g/mol. The topological polar surface area (TPSA) is 18.5 Å². The zero-order chi connectivity index (χ0) is 15.4. The van der Waals surface area contributed by atoms with Crippen LogP contribution >= 0.6 is 15.9 Å². The number of hydrogen-bond donors (Lipinski definition) is 1. The van der Waals surface area contributed by atoms with E-state index in [0.29, 0.717) is 6.04 Å². The van der Waals surface area contributed by atoms with Crippen LogP contribution in [0.15, 0.2) is 28.7 Å². The highest BCUT2D eigenvalue weighted by atomic mass is 79.9. The van der Waals surface area contributed by atoms with Gasteiger partial charge in [-0.15, -0.1) is 0 Å². The molecule has 0 amide bonds. The molecule has 2 aliphatic heterocycles. The lowest BCUT2D eigenvalue weighted by Gasteiger charge is -2.40. The van der Waals surface area contributed by atoms with E-state index in [1.165, 1.54) is 64.2 Å². The van der Waals surface area contributed by atoms with Gasteiger partial charge in [-0.25, -0.2) is 0 Å². The van der Waals surface area contributed by atoms with Gasteiger partial charge in [0.15, 0.2) is 0 Å². The molecule has 1 N–H and O–H groups in total. The Morgan fingerprint density at radius 2 is 1.91 bits per heavy atom. The first-order valence-corrected chi connectivity index (χ1v) is 9.44. The second-order valence-electron chi connectivity index (χ2n) is 6.78. The van der Waals surface area contributed by atoms with E-state index in [1.54, 1.807) is 0 Å². The molecule has 2 saturated heterocycles. The van der Waals surface area contributed by atoms with Crippen LogP contribution in [0.25, 0.3) is 0 Å². The summed E-state index contributed by atoms with van der Waals surface area (Å²) in [4.78, 5) is 5.29. The first-order valence-electron chi connectivity index (χ1n) is 8.65. The van der Waals surface area contributed by atoms with E-state index in [0.717, 1.165) is 10.4 Å². The third-order valence-corrected chi connectivity index (χ3v) is 5.75. The molecule has 0 aromatic heterocycles. The third-order valence-electron chi connectivity index (χ3n) is 5.22. The minimum atomic E-state index is 0.520. The van der Waals surface area contributed by atoms with Crippen molar-refractivity contribution in [2.75, 3.05) is 45.8 Å². The summed E-state index contributed by atoms with van der Waals surface area (Å²) < 4.78 is 1.16. The van der Waals surface area contributed by atoms with Crippen molar-refractivity contribution in [3.05, 3.63) is 34.3 Å². The molecule has 22 heavy (non-hydrogen) atoms. The molecule has 2 aliphatic rings. The van der Waals surface area contributed by atoms with Crippen molar-refractivity contribution in [1.29, 1.82) is 0 Å². The monoisotopic (exact) mass is 365 g/mol. The highest BCUT2D eigenvalue weighted by molar-refractivity contribution is 9.10. The molecule has 1 aromatic carbocycles. The van der Waals surface area contributed by atoms with Gasteiger partial charge in [0.25, 0.3) is 0 Å². The van der Waals surface area contributed by atoms with Crippen LogP contribution in [0.4, 0.5) is 0 Å². The fourth-order valence-corrected chi connectivity index (χ4v) is 3.99. The molecule has 0 radical (unpaired) electrons. The molecule has 2 fully saturated rings. The molecule has 2 unspecified atom stereocenters. The van der Waals surface area contributed by atoms with Crippen molar-refractivity contribution in [2.24, 2.45) is 5.92 Å². The number of nitrogens with zero attached hydrogens (tertiary/aromatic N) is 2. The summed E-state index contributed by atoms with van der Waals surface area (Å²) in [6.45, 7) is 10.9. The van der Waals surface area contributed by atoms with Gasteiger partial charge in [-0.05, 0) is 56.5 Å². The predicted octanol–water partition coefficient (Wildman–Crippen LogP) is 3.13. The van der Waals surface area contributed by atoms with Gasteiger partial charge in [0.05, 0.1) is 0 Å². The number of rotatable bonds is 4. The smallest absolute Gasteiger partial charge is 0.0320 e. The number of halogens is 1. The Kier molecular flexibility index (Phi) is 5.91. The zero-order valence-electron chi connectivity index (χ0n) is 13.6. The number of benzene rings is 1. The van der Waals surface area contributed by atoms with Crippen LogP contribution in [0.1, 0.15) is 31.4 Å². The van der Waals surface area contributed by atoms with Gasteiger partial charge in [-0.1, -0.05) is 28.1 Å². The lowest BCUT2D eigenvalue weighted by atomic mass is 9.98. The van der Waals surface area contributed by atoms with Crippen LogP contribution in [0.2, 0.25) is 0 Å². The van der Waals surface area contributed by atoms with Crippen LogP contribution in [-0.2, 0) is 0 Å². The van der Waals surface area contributed by atoms with E-state index in [2.05, 4.69) is 62.2 Å². The third kappa shape index (κ3) is 4.31. The number of hydrogen-bond acceptors (Lipinski definition) is 3. The molecule has 0 bridgehead atoms. The van der Waals surface area contributed by atoms with Crippen molar-refractivity contribution in [3.63, 3.8) is 0 Å². The van der Waals surface area contributed by atoms with Crippen LogP contribution in [0.3, 0.4) is 0 Å². The molecule has 1 aromatic rings. The molecule has 0 aliphatic carbocycles. The quantitative estimate of drug-likeness (QED) is 0.883.